The molecule has 1 aliphatic rings. The average Bonchev–Trinajstić information content (AvgIpc) is 3.20. The number of nitrogens with zero attached hydrogens (tertiary/aromatic N) is 1. The van der Waals surface area contributed by atoms with Crippen LogP contribution in [0.2, 0.25) is 0 Å². The molecule has 144 valence electrons. The van der Waals surface area contributed by atoms with E-state index in [4.69, 9.17) is 4.99 Å². The molecule has 0 bridgehead atoms. The highest BCUT2D eigenvalue weighted by molar-refractivity contribution is 6.04. The summed E-state index contributed by atoms with van der Waals surface area (Å²) in [6.07, 6.45) is 2.34. The summed E-state index contributed by atoms with van der Waals surface area (Å²) >= 11 is 0. The molecule has 4 aromatic rings. The number of rotatable bonds is 4. The zero-order valence-corrected chi connectivity index (χ0v) is 17.0. The van der Waals surface area contributed by atoms with E-state index in [-0.39, 0.29) is 5.92 Å². The van der Waals surface area contributed by atoms with Crippen molar-refractivity contribution in [1.29, 1.82) is 0 Å². The smallest absolute Gasteiger partial charge is 0.0633 e. The second-order valence-corrected chi connectivity index (χ2v) is 7.65. The number of aliphatic imine (C=N–C) groups is 1. The zero-order chi connectivity index (χ0) is 20.3. The van der Waals surface area contributed by atoms with Gasteiger partial charge in [0.1, 0.15) is 0 Å². The Hall–Kier alpha value is -3.71. The lowest BCUT2D eigenvalue weighted by atomic mass is 9.82. The second-order valence-electron chi connectivity index (χ2n) is 7.65. The van der Waals surface area contributed by atoms with Gasteiger partial charge >= 0.3 is 0 Å². The predicted molar refractivity (Wildman–Crippen MR) is 127 cm³/mol. The molecule has 0 radical (unpaired) electrons. The van der Waals surface area contributed by atoms with Gasteiger partial charge in [0.2, 0.25) is 0 Å². The lowest BCUT2D eigenvalue weighted by Crippen LogP contribution is -2.08. The first kappa shape index (κ1) is 18.3. The summed E-state index contributed by atoms with van der Waals surface area (Å²) in [7, 11) is 0. The standard InChI is InChI=1S/C29H23N/c1-21(30-24-15-6-3-7-16-24)25-17-10-11-19-27(25)29-26-18-9-8-14-23(26)20-28(29)22-12-4-2-5-13-22/h2-20,29H,1H3/b30-21+. The summed E-state index contributed by atoms with van der Waals surface area (Å²) in [5, 5.41) is 0. The molecule has 0 aromatic heterocycles. The van der Waals surface area contributed by atoms with Crippen molar-refractivity contribution >= 4 is 23.0 Å². The molecule has 1 heteroatoms. The highest BCUT2D eigenvalue weighted by Crippen LogP contribution is 2.46. The first-order valence-electron chi connectivity index (χ1n) is 10.4. The van der Waals surface area contributed by atoms with E-state index in [0.29, 0.717) is 0 Å². The lowest BCUT2D eigenvalue weighted by Gasteiger charge is -2.21. The third kappa shape index (κ3) is 3.40. The molecule has 0 aliphatic heterocycles. The van der Waals surface area contributed by atoms with Crippen molar-refractivity contribution in [2.75, 3.05) is 0 Å². The first-order chi connectivity index (χ1) is 14.8. The molecule has 1 atom stereocenters. The Labute approximate surface area is 178 Å². The number of para-hydroxylation sites is 1. The fourth-order valence-electron chi connectivity index (χ4n) is 4.37. The van der Waals surface area contributed by atoms with Crippen LogP contribution in [0.4, 0.5) is 5.69 Å². The normalized spacial score (nSPS) is 15.6. The van der Waals surface area contributed by atoms with Crippen molar-refractivity contribution in [1.82, 2.24) is 0 Å². The molecule has 0 N–H and O–H groups in total. The zero-order valence-electron chi connectivity index (χ0n) is 17.0. The number of hydrogen-bond acceptors (Lipinski definition) is 1. The van der Waals surface area contributed by atoms with E-state index in [1.807, 2.05) is 30.3 Å². The van der Waals surface area contributed by atoms with E-state index >= 15 is 0 Å². The molecule has 0 saturated heterocycles. The van der Waals surface area contributed by atoms with Crippen LogP contribution in [-0.4, -0.2) is 5.71 Å². The fraction of sp³-hybridized carbons (Fsp3) is 0.0690. The van der Waals surface area contributed by atoms with E-state index in [9.17, 15) is 0 Å². The van der Waals surface area contributed by atoms with Gasteiger partial charge in [-0.05, 0) is 58.5 Å². The van der Waals surface area contributed by atoms with Crippen LogP contribution in [0.1, 0.15) is 40.7 Å². The molecule has 0 fully saturated rings. The summed E-state index contributed by atoms with van der Waals surface area (Å²) in [6, 6.07) is 38.3. The van der Waals surface area contributed by atoms with E-state index < -0.39 is 0 Å². The Bertz CT molecular complexity index is 1230. The Morgan fingerprint density at radius 1 is 0.633 bits per heavy atom. The van der Waals surface area contributed by atoms with Crippen LogP contribution in [0.3, 0.4) is 0 Å². The SMILES string of the molecule is C/C(=N\c1ccccc1)c1ccccc1C1C(c2ccccc2)=Cc2ccccc21. The van der Waals surface area contributed by atoms with Crippen molar-refractivity contribution in [2.24, 2.45) is 4.99 Å². The molecule has 1 aliphatic carbocycles. The van der Waals surface area contributed by atoms with Crippen molar-refractivity contribution in [2.45, 2.75) is 12.8 Å². The van der Waals surface area contributed by atoms with E-state index in [1.165, 1.54) is 33.4 Å². The molecule has 0 heterocycles. The van der Waals surface area contributed by atoms with Crippen molar-refractivity contribution < 1.29 is 0 Å². The Balaban J connectivity index is 1.66. The highest BCUT2D eigenvalue weighted by Gasteiger charge is 2.29. The maximum absolute atomic E-state index is 4.91. The minimum absolute atomic E-state index is 0.195. The Morgan fingerprint density at radius 2 is 1.23 bits per heavy atom. The van der Waals surface area contributed by atoms with E-state index in [1.54, 1.807) is 0 Å². The Kier molecular flexibility index (Phi) is 4.86. The third-order valence-corrected chi connectivity index (χ3v) is 5.75. The first-order valence-corrected chi connectivity index (χ1v) is 10.4. The minimum atomic E-state index is 0.195. The molecule has 0 amide bonds. The topological polar surface area (TPSA) is 12.4 Å². The largest absolute Gasteiger partial charge is 0.253 e. The molecule has 0 spiro atoms. The maximum Gasteiger partial charge on any atom is 0.0633 e. The van der Waals surface area contributed by atoms with Crippen LogP contribution < -0.4 is 0 Å². The van der Waals surface area contributed by atoms with Gasteiger partial charge in [0, 0.05) is 11.6 Å². The monoisotopic (exact) mass is 385 g/mol. The molecule has 30 heavy (non-hydrogen) atoms. The van der Waals surface area contributed by atoms with Crippen LogP contribution in [0.5, 0.6) is 0 Å². The van der Waals surface area contributed by atoms with Gasteiger partial charge in [-0.25, -0.2) is 0 Å². The van der Waals surface area contributed by atoms with Gasteiger partial charge in [0.05, 0.1) is 5.69 Å². The number of fused-ring (bicyclic) bond motifs is 1. The molecule has 4 aromatic carbocycles. The van der Waals surface area contributed by atoms with Crippen molar-refractivity contribution in [3.63, 3.8) is 0 Å². The summed E-state index contributed by atoms with van der Waals surface area (Å²) in [5.41, 5.74) is 9.79. The molecule has 1 unspecified atom stereocenters. The van der Waals surface area contributed by atoms with Gasteiger partial charge in [-0.2, -0.15) is 0 Å². The summed E-state index contributed by atoms with van der Waals surface area (Å²) in [6.45, 7) is 2.11. The summed E-state index contributed by atoms with van der Waals surface area (Å²) in [5.74, 6) is 0.195. The average molecular weight is 386 g/mol. The highest BCUT2D eigenvalue weighted by atomic mass is 14.7. The van der Waals surface area contributed by atoms with Gasteiger partial charge in [-0.15, -0.1) is 0 Å². The number of benzene rings is 4. The maximum atomic E-state index is 4.91. The predicted octanol–water partition coefficient (Wildman–Crippen LogP) is 7.51. The van der Waals surface area contributed by atoms with Crippen LogP contribution in [-0.2, 0) is 0 Å². The Morgan fingerprint density at radius 3 is 2.00 bits per heavy atom. The van der Waals surface area contributed by atoms with Gasteiger partial charge in [-0.1, -0.05) is 97.1 Å². The number of allylic oxidation sites excluding steroid dienone is 1. The van der Waals surface area contributed by atoms with Crippen molar-refractivity contribution in [3.8, 4) is 0 Å². The minimum Gasteiger partial charge on any atom is -0.253 e. The van der Waals surface area contributed by atoms with E-state index in [0.717, 1.165) is 11.4 Å². The van der Waals surface area contributed by atoms with Crippen LogP contribution in [0.15, 0.2) is 114 Å². The summed E-state index contributed by atoms with van der Waals surface area (Å²) in [4.78, 5) is 4.91. The quantitative estimate of drug-likeness (QED) is 0.322. The fourth-order valence-corrected chi connectivity index (χ4v) is 4.37. The van der Waals surface area contributed by atoms with Gasteiger partial charge < -0.3 is 0 Å². The van der Waals surface area contributed by atoms with Crippen LogP contribution >= 0.6 is 0 Å². The van der Waals surface area contributed by atoms with Gasteiger partial charge in [0.25, 0.3) is 0 Å². The van der Waals surface area contributed by atoms with Crippen LogP contribution in [0.25, 0.3) is 11.6 Å². The summed E-state index contributed by atoms with van der Waals surface area (Å²) < 4.78 is 0. The number of hydrogen-bond donors (Lipinski definition) is 0. The second kappa shape index (κ2) is 7.96. The lowest BCUT2D eigenvalue weighted by molar-refractivity contribution is 1.06. The van der Waals surface area contributed by atoms with Gasteiger partial charge in [-0.3, -0.25) is 4.99 Å². The van der Waals surface area contributed by atoms with Crippen molar-refractivity contribution in [3.05, 3.63) is 137 Å². The van der Waals surface area contributed by atoms with Gasteiger partial charge in [0.15, 0.2) is 0 Å². The molecule has 0 saturated carbocycles. The molecule has 5 rings (SSSR count). The molecular formula is C29H23N. The third-order valence-electron chi connectivity index (χ3n) is 5.75. The van der Waals surface area contributed by atoms with Crippen LogP contribution in [0, 0.1) is 0 Å². The van der Waals surface area contributed by atoms with E-state index in [2.05, 4.69) is 91.9 Å². The molecular weight excluding hydrogens is 362 g/mol. The molecule has 1 nitrogen and oxygen atoms in total.